The molecule has 0 aliphatic carbocycles. The fourth-order valence-corrected chi connectivity index (χ4v) is 3.00. The van der Waals surface area contributed by atoms with E-state index in [0.717, 1.165) is 6.20 Å². The van der Waals surface area contributed by atoms with Crippen LogP contribution >= 0.6 is 0 Å². The molecule has 30 heavy (non-hydrogen) atoms. The first-order chi connectivity index (χ1) is 14.3. The second-order valence-corrected chi connectivity index (χ2v) is 6.50. The predicted molar refractivity (Wildman–Crippen MR) is 107 cm³/mol. The van der Waals surface area contributed by atoms with Gasteiger partial charge in [0.2, 0.25) is 5.91 Å². The molecule has 4 rings (SSSR count). The van der Waals surface area contributed by atoms with Gasteiger partial charge in [0.05, 0.1) is 18.1 Å². The first-order valence-electron chi connectivity index (χ1n) is 8.80. The minimum absolute atomic E-state index is 0.0174. The summed E-state index contributed by atoms with van der Waals surface area (Å²) in [7, 11) is 0. The normalized spacial score (nSPS) is 11.0. The summed E-state index contributed by atoms with van der Waals surface area (Å²) >= 11 is 0. The number of anilines is 3. The van der Waals surface area contributed by atoms with Gasteiger partial charge in [-0.3, -0.25) is 4.79 Å². The van der Waals surface area contributed by atoms with Gasteiger partial charge < -0.3 is 16.8 Å². The van der Waals surface area contributed by atoms with E-state index in [9.17, 15) is 13.6 Å². The van der Waals surface area contributed by atoms with Crippen LogP contribution in [0.5, 0.6) is 0 Å². The third-order valence-corrected chi connectivity index (χ3v) is 4.31. The molecular weight excluding hydrogens is 394 g/mol. The van der Waals surface area contributed by atoms with Gasteiger partial charge in [0.1, 0.15) is 23.0 Å². The smallest absolute Gasteiger partial charge is 0.221 e. The lowest BCUT2D eigenvalue weighted by molar-refractivity contribution is -0.114. The summed E-state index contributed by atoms with van der Waals surface area (Å²) in [5.41, 5.74) is 12.7. The number of halogens is 2. The van der Waals surface area contributed by atoms with Crippen molar-refractivity contribution in [2.75, 3.05) is 16.8 Å². The van der Waals surface area contributed by atoms with E-state index in [1.807, 2.05) is 0 Å². The number of carbonyl (C=O) groups excluding carboxylic acids is 1. The maximum Gasteiger partial charge on any atom is 0.221 e. The lowest BCUT2D eigenvalue weighted by Gasteiger charge is -2.09. The molecule has 9 nitrogen and oxygen atoms in total. The zero-order chi connectivity index (χ0) is 21.4. The molecule has 1 amide bonds. The topological polar surface area (TPSA) is 138 Å². The SMILES string of the molecule is CC(=O)Nc1c(N)nc(-c2nn(Cc3ccccc3F)c3ncc(F)cc23)nc1N. The fraction of sp³-hybridized carbons (Fsp3) is 0.105. The van der Waals surface area contributed by atoms with E-state index < -0.39 is 17.5 Å². The van der Waals surface area contributed by atoms with Crippen molar-refractivity contribution in [1.82, 2.24) is 24.7 Å². The number of amides is 1. The van der Waals surface area contributed by atoms with E-state index in [1.165, 1.54) is 23.7 Å². The highest BCUT2D eigenvalue weighted by molar-refractivity contribution is 5.96. The number of nitrogen functional groups attached to an aromatic ring is 2. The average molecular weight is 410 g/mol. The summed E-state index contributed by atoms with van der Waals surface area (Å²) in [5.74, 6) is -1.53. The largest absolute Gasteiger partial charge is 0.382 e. The van der Waals surface area contributed by atoms with Crippen molar-refractivity contribution in [1.29, 1.82) is 0 Å². The molecule has 5 N–H and O–H groups in total. The molecule has 0 radical (unpaired) electrons. The Bertz CT molecular complexity index is 1260. The molecular formula is C19H16F2N8O. The lowest BCUT2D eigenvalue weighted by atomic mass is 10.2. The summed E-state index contributed by atoms with van der Waals surface area (Å²) in [6, 6.07) is 7.44. The molecule has 0 fully saturated rings. The van der Waals surface area contributed by atoms with Gasteiger partial charge in [0, 0.05) is 12.5 Å². The van der Waals surface area contributed by atoms with Gasteiger partial charge in [-0.1, -0.05) is 18.2 Å². The number of hydrogen-bond donors (Lipinski definition) is 3. The molecule has 0 saturated heterocycles. The quantitative estimate of drug-likeness (QED) is 0.469. The van der Waals surface area contributed by atoms with Crippen LogP contribution in [0.25, 0.3) is 22.6 Å². The van der Waals surface area contributed by atoms with Crippen LogP contribution in [-0.4, -0.2) is 30.6 Å². The number of hydrogen-bond acceptors (Lipinski definition) is 7. The van der Waals surface area contributed by atoms with E-state index in [2.05, 4.69) is 25.4 Å². The van der Waals surface area contributed by atoms with Gasteiger partial charge in [0.15, 0.2) is 23.1 Å². The van der Waals surface area contributed by atoms with Crippen molar-refractivity contribution < 1.29 is 13.6 Å². The first-order valence-corrected chi connectivity index (χ1v) is 8.80. The highest BCUT2D eigenvalue weighted by Crippen LogP contribution is 2.30. The predicted octanol–water partition coefficient (Wildman–Crippen LogP) is 2.34. The Morgan fingerprint density at radius 2 is 1.87 bits per heavy atom. The van der Waals surface area contributed by atoms with Gasteiger partial charge in [-0.25, -0.2) is 28.4 Å². The van der Waals surface area contributed by atoms with Gasteiger partial charge >= 0.3 is 0 Å². The Kier molecular flexibility index (Phi) is 4.70. The Hall–Kier alpha value is -4.15. The minimum Gasteiger partial charge on any atom is -0.382 e. The first kappa shape index (κ1) is 19.2. The van der Waals surface area contributed by atoms with E-state index in [4.69, 9.17) is 11.5 Å². The third-order valence-electron chi connectivity index (χ3n) is 4.31. The van der Waals surface area contributed by atoms with Crippen molar-refractivity contribution in [2.45, 2.75) is 13.5 Å². The van der Waals surface area contributed by atoms with E-state index in [1.54, 1.807) is 18.2 Å². The fourth-order valence-electron chi connectivity index (χ4n) is 3.00. The summed E-state index contributed by atoms with van der Waals surface area (Å²) in [6.07, 6.45) is 1.04. The maximum absolute atomic E-state index is 14.1. The zero-order valence-corrected chi connectivity index (χ0v) is 15.7. The summed E-state index contributed by atoms with van der Waals surface area (Å²) in [6.45, 7) is 1.34. The Balaban J connectivity index is 1.87. The van der Waals surface area contributed by atoms with E-state index in [-0.39, 0.29) is 35.4 Å². The van der Waals surface area contributed by atoms with E-state index >= 15 is 0 Å². The molecule has 3 aromatic heterocycles. The highest BCUT2D eigenvalue weighted by Gasteiger charge is 2.20. The van der Waals surface area contributed by atoms with Gasteiger partial charge in [-0.05, 0) is 12.1 Å². The van der Waals surface area contributed by atoms with Crippen molar-refractivity contribution in [3.8, 4) is 11.5 Å². The van der Waals surface area contributed by atoms with Crippen LogP contribution in [0.1, 0.15) is 12.5 Å². The van der Waals surface area contributed by atoms with Crippen LogP contribution in [0.3, 0.4) is 0 Å². The second kappa shape index (κ2) is 7.35. The highest BCUT2D eigenvalue weighted by atomic mass is 19.1. The molecule has 152 valence electrons. The van der Waals surface area contributed by atoms with Crippen molar-refractivity contribution in [3.63, 3.8) is 0 Å². The van der Waals surface area contributed by atoms with E-state index in [0.29, 0.717) is 16.6 Å². The number of fused-ring (bicyclic) bond motifs is 1. The molecule has 0 bridgehead atoms. The summed E-state index contributed by atoms with van der Waals surface area (Å²) < 4.78 is 29.4. The molecule has 0 atom stereocenters. The Morgan fingerprint density at radius 3 is 2.53 bits per heavy atom. The summed E-state index contributed by atoms with van der Waals surface area (Å²) in [5, 5.41) is 7.17. The summed E-state index contributed by atoms with van der Waals surface area (Å²) in [4.78, 5) is 23.7. The molecule has 0 unspecified atom stereocenters. The number of rotatable bonds is 4. The molecule has 0 aliphatic heterocycles. The third kappa shape index (κ3) is 3.48. The molecule has 0 aliphatic rings. The molecule has 3 heterocycles. The number of nitrogens with zero attached hydrogens (tertiary/aromatic N) is 5. The second-order valence-electron chi connectivity index (χ2n) is 6.50. The molecule has 11 heteroatoms. The van der Waals surface area contributed by atoms with Crippen LogP contribution in [0, 0.1) is 11.6 Å². The molecule has 0 spiro atoms. The van der Waals surface area contributed by atoms with Crippen LogP contribution in [0.4, 0.5) is 26.1 Å². The van der Waals surface area contributed by atoms with Crippen LogP contribution in [0.2, 0.25) is 0 Å². The number of carbonyl (C=O) groups is 1. The number of nitrogens with two attached hydrogens (primary N) is 2. The average Bonchev–Trinajstić information content (AvgIpc) is 3.03. The maximum atomic E-state index is 14.1. The molecule has 4 aromatic rings. The van der Waals surface area contributed by atoms with Crippen molar-refractivity contribution in [3.05, 3.63) is 53.7 Å². The van der Waals surface area contributed by atoms with Gasteiger partial charge in [-0.2, -0.15) is 5.10 Å². The van der Waals surface area contributed by atoms with Crippen molar-refractivity contribution >= 4 is 34.3 Å². The zero-order valence-electron chi connectivity index (χ0n) is 15.7. The van der Waals surface area contributed by atoms with Crippen molar-refractivity contribution in [2.24, 2.45) is 0 Å². The number of benzene rings is 1. The Labute approximate surface area is 168 Å². The standard InChI is InChI=1S/C19H16F2N8O/c1-9(30)25-15-16(22)26-18(27-17(15)23)14-12-6-11(20)7-24-19(12)29(28-14)8-10-4-2-3-5-13(10)21/h2-7H,8H2,1H3,(H,25,30)(H4,22,23,26,27). The minimum atomic E-state index is -0.593. The van der Waals surface area contributed by atoms with Crippen LogP contribution in [-0.2, 0) is 11.3 Å². The van der Waals surface area contributed by atoms with Crippen LogP contribution in [0.15, 0.2) is 36.5 Å². The monoisotopic (exact) mass is 410 g/mol. The molecule has 1 aromatic carbocycles. The number of nitrogens with one attached hydrogen (secondary N) is 1. The lowest BCUT2D eigenvalue weighted by Crippen LogP contribution is -2.13. The molecule has 0 saturated carbocycles. The number of pyridine rings is 1. The Morgan fingerprint density at radius 1 is 1.17 bits per heavy atom. The van der Waals surface area contributed by atoms with Crippen LogP contribution < -0.4 is 16.8 Å². The van der Waals surface area contributed by atoms with Gasteiger partial charge in [0.25, 0.3) is 0 Å². The number of aromatic nitrogens is 5. The van der Waals surface area contributed by atoms with Gasteiger partial charge in [-0.15, -0.1) is 0 Å².